The molecule has 0 saturated carbocycles. The molecule has 0 aromatic heterocycles. The Bertz CT molecular complexity index is 1210. The zero-order valence-corrected chi connectivity index (χ0v) is 18.6. The summed E-state index contributed by atoms with van der Waals surface area (Å²) in [5.41, 5.74) is 2.51. The predicted octanol–water partition coefficient (Wildman–Crippen LogP) is 4.11. The summed E-state index contributed by atoms with van der Waals surface area (Å²) in [5.74, 6) is -1.28. The molecule has 3 amide bonds. The topological polar surface area (TPSA) is 57.7 Å². The van der Waals surface area contributed by atoms with Crippen LogP contribution >= 0.6 is 0 Å². The van der Waals surface area contributed by atoms with Crippen LogP contribution in [0.3, 0.4) is 0 Å². The fourth-order valence-corrected chi connectivity index (χ4v) is 5.42. The van der Waals surface area contributed by atoms with Crippen LogP contribution in [0.15, 0.2) is 84.9 Å². The Kier molecular flexibility index (Phi) is 5.33. The maximum Gasteiger partial charge on any atom is 0.239 e. The van der Waals surface area contributed by atoms with Gasteiger partial charge >= 0.3 is 0 Å². The zero-order chi connectivity index (χ0) is 23.0. The van der Waals surface area contributed by atoms with E-state index in [1.54, 1.807) is 11.8 Å². The Labute approximate surface area is 193 Å². The highest BCUT2D eigenvalue weighted by Crippen LogP contribution is 2.51. The molecule has 0 bridgehead atoms. The van der Waals surface area contributed by atoms with Gasteiger partial charge in [0.05, 0.1) is 17.9 Å². The number of para-hydroxylation sites is 1. The van der Waals surface area contributed by atoms with Gasteiger partial charge in [0.1, 0.15) is 0 Å². The lowest BCUT2D eigenvalue weighted by Crippen LogP contribution is -2.49. The molecule has 0 radical (unpaired) electrons. The van der Waals surface area contributed by atoms with Gasteiger partial charge in [-0.3, -0.25) is 19.3 Å². The van der Waals surface area contributed by atoms with E-state index in [2.05, 4.69) is 0 Å². The van der Waals surface area contributed by atoms with Crippen LogP contribution in [0, 0.1) is 5.92 Å². The van der Waals surface area contributed by atoms with Crippen LogP contribution in [0.25, 0.3) is 0 Å². The van der Waals surface area contributed by atoms with Crippen LogP contribution in [0.5, 0.6) is 0 Å². The van der Waals surface area contributed by atoms with Crippen molar-refractivity contribution < 1.29 is 14.4 Å². The fourth-order valence-electron chi connectivity index (χ4n) is 5.42. The number of carbonyl (C=O) groups excluding carboxylic acids is 3. The van der Waals surface area contributed by atoms with Gasteiger partial charge in [-0.25, -0.2) is 0 Å². The van der Waals surface area contributed by atoms with Crippen molar-refractivity contribution in [1.82, 2.24) is 4.90 Å². The van der Waals surface area contributed by atoms with Crippen LogP contribution in [0.4, 0.5) is 5.69 Å². The number of imide groups is 1. The second kappa shape index (κ2) is 8.32. The van der Waals surface area contributed by atoms with E-state index in [4.69, 9.17) is 0 Å². The van der Waals surface area contributed by atoms with E-state index in [0.717, 1.165) is 22.4 Å². The van der Waals surface area contributed by atoms with E-state index < -0.39 is 11.3 Å². The molecule has 2 heterocycles. The molecule has 5 nitrogen and oxygen atoms in total. The van der Waals surface area contributed by atoms with Crippen molar-refractivity contribution in [3.63, 3.8) is 0 Å². The molecular weight excluding hydrogens is 412 g/mol. The Morgan fingerprint density at radius 3 is 2.03 bits per heavy atom. The van der Waals surface area contributed by atoms with Crippen molar-refractivity contribution >= 4 is 23.4 Å². The smallest absolute Gasteiger partial charge is 0.239 e. The molecule has 2 atom stereocenters. The minimum Gasteiger partial charge on any atom is -0.307 e. The third-order valence-corrected chi connectivity index (χ3v) is 6.97. The van der Waals surface area contributed by atoms with E-state index >= 15 is 0 Å². The van der Waals surface area contributed by atoms with Gasteiger partial charge in [0.15, 0.2) is 0 Å². The van der Waals surface area contributed by atoms with Gasteiger partial charge < -0.3 is 4.90 Å². The first kappa shape index (κ1) is 21.1. The van der Waals surface area contributed by atoms with Gasteiger partial charge in [0.2, 0.25) is 17.7 Å². The maximum absolute atomic E-state index is 14.4. The van der Waals surface area contributed by atoms with Gasteiger partial charge in [0, 0.05) is 18.7 Å². The molecule has 0 N–H and O–H groups in total. The number of anilines is 1. The number of fused-ring (bicyclic) bond motifs is 1. The van der Waals surface area contributed by atoms with Gasteiger partial charge in [-0.05, 0) is 36.1 Å². The first-order chi connectivity index (χ1) is 16.1. The lowest BCUT2D eigenvalue weighted by Gasteiger charge is -2.33. The molecule has 1 saturated heterocycles. The van der Waals surface area contributed by atoms with Crippen LogP contribution in [0.2, 0.25) is 0 Å². The Morgan fingerprint density at radius 1 is 0.788 bits per heavy atom. The molecule has 0 unspecified atom stereocenters. The standard InChI is InChI=1S/C28H26N2O3/c1-2-29-25(31)17-23(26(29)32)28(18-20-11-5-3-6-12-20)22-15-9-10-16-24(22)30(27(28)33)19-21-13-7-4-8-14-21/h3-16,23H,2,17-19H2,1H3/t23-,28+/m0/s1. The largest absolute Gasteiger partial charge is 0.307 e. The van der Waals surface area contributed by atoms with Gasteiger partial charge in [-0.1, -0.05) is 78.9 Å². The number of nitrogens with zero attached hydrogens (tertiary/aromatic N) is 2. The molecule has 3 aromatic carbocycles. The van der Waals surface area contributed by atoms with Crippen molar-refractivity contribution in [3.8, 4) is 0 Å². The van der Waals surface area contributed by atoms with E-state index in [0.29, 0.717) is 19.5 Å². The molecular formula is C28H26N2O3. The van der Waals surface area contributed by atoms with E-state index in [-0.39, 0.29) is 24.1 Å². The summed E-state index contributed by atoms with van der Waals surface area (Å²) in [5, 5.41) is 0. The van der Waals surface area contributed by atoms with Crippen LogP contribution in [0.1, 0.15) is 30.0 Å². The third kappa shape index (κ3) is 3.35. The second-order valence-corrected chi connectivity index (χ2v) is 8.76. The van der Waals surface area contributed by atoms with E-state index in [1.165, 1.54) is 4.90 Å². The number of hydrogen-bond donors (Lipinski definition) is 0. The molecule has 33 heavy (non-hydrogen) atoms. The monoisotopic (exact) mass is 438 g/mol. The Balaban J connectivity index is 1.67. The van der Waals surface area contributed by atoms with Gasteiger partial charge in [-0.2, -0.15) is 0 Å². The van der Waals surface area contributed by atoms with Crippen molar-refractivity contribution in [2.24, 2.45) is 5.92 Å². The summed E-state index contributed by atoms with van der Waals surface area (Å²) >= 11 is 0. The second-order valence-electron chi connectivity index (χ2n) is 8.76. The van der Waals surface area contributed by atoms with Crippen LogP contribution < -0.4 is 4.90 Å². The summed E-state index contributed by atoms with van der Waals surface area (Å²) in [6.07, 6.45) is 0.426. The molecule has 1 fully saturated rings. The summed E-state index contributed by atoms with van der Waals surface area (Å²) in [6, 6.07) is 27.4. The van der Waals surface area contributed by atoms with E-state index in [9.17, 15) is 14.4 Å². The molecule has 0 aliphatic carbocycles. The number of hydrogen-bond acceptors (Lipinski definition) is 3. The molecule has 2 aliphatic rings. The lowest BCUT2D eigenvalue weighted by atomic mass is 9.66. The molecule has 5 heteroatoms. The molecule has 166 valence electrons. The number of amides is 3. The minimum absolute atomic E-state index is 0.0543. The molecule has 3 aromatic rings. The van der Waals surface area contributed by atoms with Gasteiger partial charge in [-0.15, -0.1) is 0 Å². The van der Waals surface area contributed by atoms with Crippen molar-refractivity contribution in [2.75, 3.05) is 11.4 Å². The highest BCUT2D eigenvalue weighted by Gasteiger charge is 2.61. The Morgan fingerprint density at radius 2 is 1.39 bits per heavy atom. The fraction of sp³-hybridized carbons (Fsp3) is 0.250. The average Bonchev–Trinajstić information content (AvgIpc) is 3.26. The zero-order valence-electron chi connectivity index (χ0n) is 18.6. The van der Waals surface area contributed by atoms with Crippen LogP contribution in [-0.2, 0) is 32.8 Å². The van der Waals surface area contributed by atoms with Crippen molar-refractivity contribution in [3.05, 3.63) is 102 Å². The van der Waals surface area contributed by atoms with Crippen molar-refractivity contribution in [1.29, 1.82) is 0 Å². The number of rotatable bonds is 6. The SMILES string of the molecule is CCN1C(=O)C[C@H]([C@]2(Cc3ccccc3)C(=O)N(Cc3ccccc3)c3ccccc32)C1=O. The quantitative estimate of drug-likeness (QED) is 0.545. The predicted molar refractivity (Wildman–Crippen MR) is 126 cm³/mol. The summed E-state index contributed by atoms with van der Waals surface area (Å²) in [4.78, 5) is 43.7. The van der Waals surface area contributed by atoms with E-state index in [1.807, 2.05) is 84.9 Å². The summed E-state index contributed by atoms with van der Waals surface area (Å²) < 4.78 is 0. The van der Waals surface area contributed by atoms with Crippen LogP contribution in [-0.4, -0.2) is 29.2 Å². The summed E-state index contributed by atoms with van der Waals surface area (Å²) in [6.45, 7) is 2.53. The average molecular weight is 439 g/mol. The molecule has 5 rings (SSSR count). The summed E-state index contributed by atoms with van der Waals surface area (Å²) in [7, 11) is 0. The Hall–Kier alpha value is -3.73. The number of benzene rings is 3. The molecule has 2 aliphatic heterocycles. The lowest BCUT2D eigenvalue weighted by molar-refractivity contribution is -0.141. The highest BCUT2D eigenvalue weighted by molar-refractivity contribution is 6.14. The third-order valence-electron chi connectivity index (χ3n) is 6.97. The number of carbonyl (C=O) groups is 3. The van der Waals surface area contributed by atoms with Gasteiger partial charge in [0.25, 0.3) is 0 Å². The maximum atomic E-state index is 14.4. The highest BCUT2D eigenvalue weighted by atomic mass is 16.2. The first-order valence-electron chi connectivity index (χ1n) is 11.4. The molecule has 0 spiro atoms. The van der Waals surface area contributed by atoms with Crippen molar-refractivity contribution in [2.45, 2.75) is 31.7 Å². The number of likely N-dealkylation sites (tertiary alicyclic amines) is 1. The normalized spacial score (nSPS) is 22.2. The first-order valence-corrected chi connectivity index (χ1v) is 11.4. The minimum atomic E-state index is -1.12.